The molecule has 8 nitrogen and oxygen atoms in total. The van der Waals surface area contributed by atoms with E-state index in [0.29, 0.717) is 42.8 Å². The molecule has 0 unspecified atom stereocenters. The Morgan fingerprint density at radius 2 is 2.00 bits per heavy atom. The molecule has 1 saturated heterocycles. The zero-order valence-electron chi connectivity index (χ0n) is 15.9. The van der Waals surface area contributed by atoms with Gasteiger partial charge in [0.2, 0.25) is 11.8 Å². The van der Waals surface area contributed by atoms with Crippen LogP contribution in [0.5, 0.6) is 11.5 Å². The van der Waals surface area contributed by atoms with E-state index in [9.17, 15) is 4.79 Å². The maximum Gasteiger partial charge on any atom is 0.249 e. The minimum Gasteiger partial charge on any atom is -0.493 e. The van der Waals surface area contributed by atoms with Crippen LogP contribution in [0.3, 0.4) is 0 Å². The molecule has 1 atom stereocenters. The van der Waals surface area contributed by atoms with Gasteiger partial charge in [0, 0.05) is 26.6 Å². The van der Waals surface area contributed by atoms with E-state index in [1.807, 2.05) is 18.2 Å². The number of methoxy groups -OCH3 is 2. The van der Waals surface area contributed by atoms with E-state index in [0.717, 1.165) is 18.4 Å². The van der Waals surface area contributed by atoms with E-state index in [2.05, 4.69) is 15.5 Å². The van der Waals surface area contributed by atoms with Gasteiger partial charge in [-0.1, -0.05) is 11.2 Å². The first-order valence-corrected chi connectivity index (χ1v) is 8.99. The first-order chi connectivity index (χ1) is 13.1. The Hall–Kier alpha value is -2.61. The van der Waals surface area contributed by atoms with E-state index in [1.165, 1.54) is 6.92 Å². The van der Waals surface area contributed by atoms with Crippen molar-refractivity contribution in [3.05, 3.63) is 35.5 Å². The van der Waals surface area contributed by atoms with Gasteiger partial charge in [-0.2, -0.15) is 4.98 Å². The highest BCUT2D eigenvalue weighted by Crippen LogP contribution is 2.30. The van der Waals surface area contributed by atoms with Crippen LogP contribution in [0.2, 0.25) is 0 Å². The van der Waals surface area contributed by atoms with Crippen molar-refractivity contribution in [2.75, 3.05) is 27.4 Å². The second-order valence-corrected chi connectivity index (χ2v) is 6.54. The molecule has 1 aliphatic rings. The summed E-state index contributed by atoms with van der Waals surface area (Å²) in [4.78, 5) is 16.2. The molecule has 0 aliphatic carbocycles. The van der Waals surface area contributed by atoms with Crippen LogP contribution in [0.15, 0.2) is 22.7 Å². The third-order valence-corrected chi connectivity index (χ3v) is 4.66. The Morgan fingerprint density at radius 3 is 2.67 bits per heavy atom. The van der Waals surface area contributed by atoms with Gasteiger partial charge < -0.3 is 24.1 Å². The molecule has 1 aromatic carbocycles. The molecular formula is C19H25N3O5. The van der Waals surface area contributed by atoms with Gasteiger partial charge in [0.25, 0.3) is 0 Å². The van der Waals surface area contributed by atoms with E-state index in [4.69, 9.17) is 18.7 Å². The first kappa shape index (κ1) is 19.2. The molecule has 2 heterocycles. The average Bonchev–Trinajstić information content (AvgIpc) is 3.14. The molecular weight excluding hydrogens is 350 g/mol. The summed E-state index contributed by atoms with van der Waals surface area (Å²) in [6, 6.07) is 5.37. The average molecular weight is 375 g/mol. The molecule has 1 fully saturated rings. The number of benzene rings is 1. The predicted octanol–water partition coefficient (Wildman–Crippen LogP) is 2.28. The minimum absolute atomic E-state index is 0.119. The van der Waals surface area contributed by atoms with E-state index in [-0.39, 0.29) is 17.9 Å². The largest absolute Gasteiger partial charge is 0.493 e. The van der Waals surface area contributed by atoms with Crippen molar-refractivity contribution in [1.29, 1.82) is 0 Å². The summed E-state index contributed by atoms with van der Waals surface area (Å²) in [5.74, 6) is 2.41. The van der Waals surface area contributed by atoms with Gasteiger partial charge in [-0.25, -0.2) is 0 Å². The number of amides is 1. The SMILES string of the molecule is COc1ccc(Cc2noc([C@H](NC(C)=O)C3CCOCC3)n2)cc1OC. The molecule has 1 N–H and O–H groups in total. The fraction of sp³-hybridized carbons (Fsp3) is 0.526. The predicted molar refractivity (Wildman–Crippen MR) is 96.8 cm³/mol. The van der Waals surface area contributed by atoms with Gasteiger partial charge in [0.05, 0.1) is 14.2 Å². The zero-order chi connectivity index (χ0) is 19.2. The molecule has 0 saturated carbocycles. The molecule has 1 aliphatic heterocycles. The van der Waals surface area contributed by atoms with Crippen LogP contribution in [-0.2, 0) is 16.0 Å². The van der Waals surface area contributed by atoms with Crippen LogP contribution in [0.25, 0.3) is 0 Å². The van der Waals surface area contributed by atoms with Gasteiger partial charge >= 0.3 is 0 Å². The standard InChI is InChI=1S/C19H25N3O5/c1-12(23)20-18(14-6-8-26-9-7-14)19-21-17(22-27-19)11-13-4-5-15(24-2)16(10-13)25-3/h4-5,10,14,18H,6-9,11H2,1-3H3,(H,20,23)/t18-/m1/s1. The van der Waals surface area contributed by atoms with Crippen molar-refractivity contribution in [2.45, 2.75) is 32.2 Å². The molecule has 0 spiro atoms. The van der Waals surface area contributed by atoms with E-state index in [1.54, 1.807) is 14.2 Å². The fourth-order valence-electron chi connectivity index (χ4n) is 3.29. The lowest BCUT2D eigenvalue weighted by Gasteiger charge is -2.28. The lowest BCUT2D eigenvalue weighted by Crippen LogP contribution is -2.35. The molecule has 1 aromatic heterocycles. The lowest BCUT2D eigenvalue weighted by molar-refractivity contribution is -0.120. The number of hydrogen-bond acceptors (Lipinski definition) is 7. The number of carbonyl (C=O) groups is 1. The monoisotopic (exact) mass is 375 g/mol. The summed E-state index contributed by atoms with van der Waals surface area (Å²) in [5.41, 5.74) is 0.974. The number of aromatic nitrogens is 2. The Kier molecular flexibility index (Phi) is 6.28. The summed E-state index contributed by atoms with van der Waals surface area (Å²) >= 11 is 0. The number of carbonyl (C=O) groups excluding carboxylic acids is 1. The Morgan fingerprint density at radius 1 is 1.26 bits per heavy atom. The molecule has 3 rings (SSSR count). The Balaban J connectivity index is 1.76. The molecule has 2 aromatic rings. The van der Waals surface area contributed by atoms with Gasteiger partial charge in [0.15, 0.2) is 17.3 Å². The van der Waals surface area contributed by atoms with Crippen molar-refractivity contribution < 1.29 is 23.5 Å². The zero-order valence-corrected chi connectivity index (χ0v) is 15.9. The first-order valence-electron chi connectivity index (χ1n) is 8.99. The van der Waals surface area contributed by atoms with Gasteiger partial charge in [-0.3, -0.25) is 4.79 Å². The highest BCUT2D eigenvalue weighted by atomic mass is 16.5. The Bertz CT molecular complexity index is 770. The van der Waals surface area contributed by atoms with Crippen LogP contribution in [0, 0.1) is 5.92 Å². The second-order valence-electron chi connectivity index (χ2n) is 6.54. The van der Waals surface area contributed by atoms with Crippen LogP contribution in [-0.4, -0.2) is 43.5 Å². The second kappa shape index (κ2) is 8.85. The quantitative estimate of drug-likeness (QED) is 0.793. The maximum atomic E-state index is 11.6. The molecule has 146 valence electrons. The van der Waals surface area contributed by atoms with E-state index >= 15 is 0 Å². The van der Waals surface area contributed by atoms with Crippen LogP contribution >= 0.6 is 0 Å². The highest BCUT2D eigenvalue weighted by molar-refractivity contribution is 5.73. The van der Waals surface area contributed by atoms with Crippen molar-refractivity contribution in [3.8, 4) is 11.5 Å². The molecule has 0 radical (unpaired) electrons. The summed E-state index contributed by atoms with van der Waals surface area (Å²) in [6.07, 6.45) is 2.18. The molecule has 8 heteroatoms. The highest BCUT2D eigenvalue weighted by Gasteiger charge is 2.30. The lowest BCUT2D eigenvalue weighted by atomic mass is 9.91. The molecule has 0 bridgehead atoms. The van der Waals surface area contributed by atoms with Gasteiger partial charge in [-0.05, 0) is 36.5 Å². The number of nitrogens with one attached hydrogen (secondary N) is 1. The number of nitrogens with zero attached hydrogens (tertiary/aromatic N) is 2. The summed E-state index contributed by atoms with van der Waals surface area (Å²) in [7, 11) is 3.20. The topological polar surface area (TPSA) is 95.7 Å². The number of hydrogen-bond donors (Lipinski definition) is 1. The third kappa shape index (κ3) is 4.77. The maximum absolute atomic E-state index is 11.6. The number of ether oxygens (including phenoxy) is 3. The normalized spacial score (nSPS) is 16.0. The van der Waals surface area contributed by atoms with Crippen LogP contribution < -0.4 is 14.8 Å². The van der Waals surface area contributed by atoms with Crippen molar-refractivity contribution in [1.82, 2.24) is 15.5 Å². The third-order valence-electron chi connectivity index (χ3n) is 4.66. The Labute approximate surface area is 158 Å². The summed E-state index contributed by atoms with van der Waals surface area (Å²) in [6.45, 7) is 2.84. The van der Waals surface area contributed by atoms with Crippen molar-refractivity contribution in [3.63, 3.8) is 0 Å². The minimum atomic E-state index is -0.293. The van der Waals surface area contributed by atoms with E-state index < -0.39 is 0 Å². The summed E-state index contributed by atoms with van der Waals surface area (Å²) < 4.78 is 21.5. The smallest absolute Gasteiger partial charge is 0.249 e. The van der Waals surface area contributed by atoms with Gasteiger partial charge in [0.1, 0.15) is 6.04 Å². The fourth-order valence-corrected chi connectivity index (χ4v) is 3.29. The summed E-state index contributed by atoms with van der Waals surface area (Å²) in [5, 5.41) is 7.04. The van der Waals surface area contributed by atoms with Crippen LogP contribution in [0.4, 0.5) is 0 Å². The molecule has 27 heavy (non-hydrogen) atoms. The van der Waals surface area contributed by atoms with Gasteiger partial charge in [-0.15, -0.1) is 0 Å². The number of rotatable bonds is 7. The van der Waals surface area contributed by atoms with Crippen molar-refractivity contribution in [2.24, 2.45) is 5.92 Å². The van der Waals surface area contributed by atoms with Crippen molar-refractivity contribution >= 4 is 5.91 Å². The molecule has 1 amide bonds. The van der Waals surface area contributed by atoms with Crippen LogP contribution in [0.1, 0.15) is 43.1 Å².